The Morgan fingerprint density at radius 3 is 2.44 bits per heavy atom. The van der Waals surface area contributed by atoms with Gasteiger partial charge in [0.15, 0.2) is 17.3 Å². The Morgan fingerprint density at radius 1 is 1.05 bits per heavy atom. The summed E-state index contributed by atoms with van der Waals surface area (Å²) in [5.41, 5.74) is 0.823. The number of carbonyl (C=O) groups excluding carboxylic acids is 2. The zero-order valence-corrected chi connectivity index (χ0v) is 24.1. The van der Waals surface area contributed by atoms with Gasteiger partial charge in [-0.25, -0.2) is 18.2 Å². The number of carbonyl (C=O) groups is 2. The molecule has 0 saturated heterocycles. The van der Waals surface area contributed by atoms with Crippen LogP contribution in [0.3, 0.4) is 0 Å². The van der Waals surface area contributed by atoms with Crippen LogP contribution in [-0.2, 0) is 4.79 Å². The maximum Gasteiger partial charge on any atom is 0.278 e. The summed E-state index contributed by atoms with van der Waals surface area (Å²) in [6.07, 6.45) is 2.12. The zero-order valence-electron chi connectivity index (χ0n) is 23.2. The number of ketones is 1. The third-order valence-corrected chi connectivity index (χ3v) is 7.73. The minimum atomic E-state index is -1.01. The van der Waals surface area contributed by atoms with Crippen molar-refractivity contribution in [2.75, 3.05) is 13.7 Å². The molecule has 0 bridgehead atoms. The van der Waals surface area contributed by atoms with E-state index < -0.39 is 28.7 Å². The fourth-order valence-electron chi connectivity index (χ4n) is 4.48. The number of hydrazone groups is 1. The van der Waals surface area contributed by atoms with Gasteiger partial charge in [0.05, 0.1) is 12.7 Å². The molecule has 1 amide bonds. The van der Waals surface area contributed by atoms with Gasteiger partial charge in [-0.1, -0.05) is 44.2 Å². The van der Waals surface area contributed by atoms with Crippen LogP contribution in [0.15, 0.2) is 59.7 Å². The predicted octanol–water partition coefficient (Wildman–Crippen LogP) is 7.44. The molecule has 1 aliphatic rings. The predicted molar refractivity (Wildman–Crippen MR) is 153 cm³/mol. The fourth-order valence-corrected chi connectivity index (χ4v) is 5.65. The number of methoxy groups -OCH3 is 1. The number of halogens is 3. The second kappa shape index (κ2) is 13.2. The molecule has 41 heavy (non-hydrogen) atoms. The highest BCUT2D eigenvalue weighted by molar-refractivity contribution is 8.14. The van der Waals surface area contributed by atoms with Gasteiger partial charge in [-0.15, -0.1) is 0 Å². The molecule has 3 aromatic carbocycles. The highest BCUT2D eigenvalue weighted by Gasteiger charge is 2.38. The molecule has 1 unspecified atom stereocenters. The lowest BCUT2D eigenvalue weighted by molar-refractivity contribution is -0.121. The summed E-state index contributed by atoms with van der Waals surface area (Å²) in [5.74, 6) is -2.00. The number of nitrogens with zero attached hydrogens (tertiary/aromatic N) is 2. The second-order valence-corrected chi connectivity index (χ2v) is 11.2. The molecule has 1 atom stereocenters. The Morgan fingerprint density at radius 2 is 1.78 bits per heavy atom. The van der Waals surface area contributed by atoms with Crippen molar-refractivity contribution in [2.45, 2.75) is 45.4 Å². The van der Waals surface area contributed by atoms with E-state index in [1.165, 1.54) is 50.1 Å². The Hall–Kier alpha value is -3.79. The first kappa shape index (κ1) is 30.2. The van der Waals surface area contributed by atoms with E-state index in [9.17, 15) is 22.8 Å². The molecule has 0 spiro atoms. The average molecular weight is 585 g/mol. The van der Waals surface area contributed by atoms with Crippen molar-refractivity contribution in [2.24, 2.45) is 11.0 Å². The SMILES string of the molecule is COc1c(OCC(=O)CCCC(C)C)cccc1C1SC(c2ccc(F)cc2)=NN1C(=O)c1c(C)cc(F)cc1F. The minimum absolute atomic E-state index is 0.0469. The Bertz CT molecular complexity index is 1440. The van der Waals surface area contributed by atoms with Crippen LogP contribution in [0.4, 0.5) is 13.2 Å². The van der Waals surface area contributed by atoms with E-state index in [0.29, 0.717) is 40.3 Å². The van der Waals surface area contributed by atoms with E-state index in [2.05, 4.69) is 18.9 Å². The van der Waals surface area contributed by atoms with Gasteiger partial charge in [0.25, 0.3) is 5.91 Å². The van der Waals surface area contributed by atoms with Crippen LogP contribution in [-0.4, -0.2) is 35.5 Å². The van der Waals surface area contributed by atoms with Crippen molar-refractivity contribution < 1.29 is 32.2 Å². The van der Waals surface area contributed by atoms with Crippen molar-refractivity contribution in [3.8, 4) is 11.5 Å². The van der Waals surface area contributed by atoms with Crippen LogP contribution in [0, 0.1) is 30.3 Å². The van der Waals surface area contributed by atoms with Crippen molar-refractivity contribution in [1.82, 2.24) is 5.01 Å². The number of ether oxygens (including phenoxy) is 2. The van der Waals surface area contributed by atoms with Gasteiger partial charge in [-0.2, -0.15) is 5.10 Å². The molecule has 216 valence electrons. The van der Waals surface area contributed by atoms with E-state index in [-0.39, 0.29) is 29.3 Å². The monoisotopic (exact) mass is 584 g/mol. The molecule has 4 rings (SSSR count). The molecule has 3 aromatic rings. The van der Waals surface area contributed by atoms with E-state index in [0.717, 1.165) is 23.9 Å². The van der Waals surface area contributed by atoms with Gasteiger partial charge in [0.2, 0.25) is 0 Å². The van der Waals surface area contributed by atoms with Gasteiger partial charge in [0.1, 0.15) is 34.5 Å². The lowest BCUT2D eigenvalue weighted by Crippen LogP contribution is -2.28. The standard InChI is InChI=1S/C31H31F3N2O4S/c1-18(2)7-5-8-23(37)17-40-26-10-6-9-24(28(26)39-4)31-36(30(38)27-19(3)15-22(33)16-25(27)34)35-29(41-31)20-11-13-21(32)14-12-20/h6,9-16,18,31H,5,7-8,17H2,1-4H3. The molecule has 10 heteroatoms. The van der Waals surface area contributed by atoms with Crippen LogP contribution in [0.5, 0.6) is 11.5 Å². The number of benzene rings is 3. The summed E-state index contributed by atoms with van der Waals surface area (Å²) in [7, 11) is 1.44. The van der Waals surface area contributed by atoms with Crippen molar-refractivity contribution in [3.05, 3.63) is 94.3 Å². The number of hydrogen-bond acceptors (Lipinski definition) is 6. The van der Waals surface area contributed by atoms with Crippen LogP contribution < -0.4 is 9.47 Å². The van der Waals surface area contributed by atoms with Gasteiger partial charge >= 0.3 is 0 Å². The van der Waals surface area contributed by atoms with Crippen molar-refractivity contribution in [1.29, 1.82) is 0 Å². The quantitative estimate of drug-likeness (QED) is 0.234. The minimum Gasteiger partial charge on any atom is -0.492 e. The summed E-state index contributed by atoms with van der Waals surface area (Å²) in [6, 6.07) is 12.4. The molecule has 1 aliphatic heterocycles. The third-order valence-electron chi connectivity index (χ3n) is 6.51. The lowest BCUT2D eigenvalue weighted by atomic mass is 10.1. The van der Waals surface area contributed by atoms with E-state index in [1.807, 2.05) is 0 Å². The largest absolute Gasteiger partial charge is 0.492 e. The Kier molecular flexibility index (Phi) is 9.75. The number of hydrogen-bond donors (Lipinski definition) is 0. The normalized spacial score (nSPS) is 14.8. The second-order valence-electron chi connectivity index (χ2n) is 10.1. The highest BCUT2D eigenvalue weighted by atomic mass is 32.2. The average Bonchev–Trinajstić information content (AvgIpc) is 3.36. The number of thioether (sulfide) groups is 1. The number of amides is 1. The van der Waals surface area contributed by atoms with E-state index >= 15 is 0 Å². The molecule has 6 nitrogen and oxygen atoms in total. The van der Waals surface area contributed by atoms with Crippen LogP contribution in [0.2, 0.25) is 0 Å². The molecule has 0 saturated carbocycles. The Balaban J connectivity index is 1.68. The van der Waals surface area contributed by atoms with Crippen LogP contribution in [0.1, 0.15) is 65.5 Å². The summed E-state index contributed by atoms with van der Waals surface area (Å²) < 4.78 is 53.8. The molecule has 1 heterocycles. The Labute approximate surface area is 241 Å². The summed E-state index contributed by atoms with van der Waals surface area (Å²) in [5, 5.41) is 5.13. The summed E-state index contributed by atoms with van der Waals surface area (Å²) >= 11 is 1.18. The van der Waals surface area contributed by atoms with Crippen molar-refractivity contribution in [3.63, 3.8) is 0 Å². The molecule has 0 radical (unpaired) electrons. The maximum atomic E-state index is 14.9. The van der Waals surface area contributed by atoms with E-state index in [1.54, 1.807) is 18.2 Å². The smallest absolute Gasteiger partial charge is 0.278 e. The molecular weight excluding hydrogens is 553 g/mol. The summed E-state index contributed by atoms with van der Waals surface area (Å²) in [6.45, 7) is 5.50. The number of para-hydroxylation sites is 1. The number of rotatable bonds is 11. The van der Waals surface area contributed by atoms with Gasteiger partial charge in [0, 0.05) is 23.6 Å². The molecule has 0 N–H and O–H groups in total. The van der Waals surface area contributed by atoms with Gasteiger partial charge in [-0.05, 0) is 61.2 Å². The fraction of sp³-hybridized carbons (Fsp3) is 0.323. The molecular formula is C31H31F3N2O4S. The number of aryl methyl sites for hydroxylation is 1. The first-order chi connectivity index (χ1) is 19.6. The first-order valence-electron chi connectivity index (χ1n) is 13.2. The molecule has 0 fully saturated rings. The van der Waals surface area contributed by atoms with E-state index in [4.69, 9.17) is 9.47 Å². The molecule has 0 aromatic heterocycles. The van der Waals surface area contributed by atoms with Gasteiger partial charge < -0.3 is 9.47 Å². The van der Waals surface area contributed by atoms with Crippen LogP contribution >= 0.6 is 11.8 Å². The van der Waals surface area contributed by atoms with Gasteiger partial charge in [-0.3, -0.25) is 9.59 Å². The molecule has 0 aliphatic carbocycles. The third kappa shape index (κ3) is 7.11. The first-order valence-corrected chi connectivity index (χ1v) is 14.1. The summed E-state index contributed by atoms with van der Waals surface area (Å²) in [4.78, 5) is 26.1. The maximum absolute atomic E-state index is 14.9. The zero-order chi connectivity index (χ0) is 29.7. The van der Waals surface area contributed by atoms with Crippen molar-refractivity contribution >= 4 is 28.5 Å². The topological polar surface area (TPSA) is 68.2 Å². The number of Topliss-reactive ketones (excluding diaryl/α,β-unsaturated/α-hetero) is 1. The lowest BCUT2D eigenvalue weighted by Gasteiger charge is -2.24. The highest BCUT2D eigenvalue weighted by Crippen LogP contribution is 2.47. The van der Waals surface area contributed by atoms with Crippen LogP contribution in [0.25, 0.3) is 0 Å².